The fourth-order valence-electron chi connectivity index (χ4n) is 3.73. The van der Waals surface area contributed by atoms with Crippen LogP contribution in [-0.4, -0.2) is 48.1 Å². The van der Waals surface area contributed by atoms with E-state index in [0.29, 0.717) is 22.9 Å². The third-order valence-electron chi connectivity index (χ3n) is 5.61. The van der Waals surface area contributed by atoms with E-state index < -0.39 is 29.6 Å². The predicted octanol–water partition coefficient (Wildman–Crippen LogP) is 3.52. The maximum Gasteiger partial charge on any atom is 0.270 e. The number of halogens is 1. The number of amides is 3. The van der Waals surface area contributed by atoms with Crippen LogP contribution in [0.3, 0.4) is 0 Å². The van der Waals surface area contributed by atoms with Crippen molar-refractivity contribution in [2.24, 2.45) is 0 Å². The van der Waals surface area contributed by atoms with Gasteiger partial charge in [0.05, 0.1) is 26.3 Å². The van der Waals surface area contributed by atoms with Crippen LogP contribution in [0.2, 0.25) is 0 Å². The second-order valence-corrected chi connectivity index (χ2v) is 8.34. The molecule has 1 aliphatic rings. The zero-order valence-electron chi connectivity index (χ0n) is 19.9. The van der Waals surface area contributed by atoms with Crippen molar-refractivity contribution in [1.29, 1.82) is 0 Å². The molecule has 1 heterocycles. The molecule has 1 atom stereocenters. The molecular weight excluding hydrogens is 499 g/mol. The number of thiocarbonyl (C=S) groups is 1. The Labute approximate surface area is 217 Å². The fraction of sp³-hybridized carbons (Fsp3) is 0.154. The first-order valence-corrected chi connectivity index (χ1v) is 11.5. The van der Waals surface area contributed by atoms with Crippen molar-refractivity contribution in [2.45, 2.75) is 12.5 Å². The minimum atomic E-state index is -1.13. The van der Waals surface area contributed by atoms with Gasteiger partial charge in [-0.3, -0.25) is 24.7 Å². The molecule has 3 aromatic rings. The Morgan fingerprint density at radius 3 is 2.30 bits per heavy atom. The number of methoxy groups -OCH3 is 2. The molecule has 0 aromatic heterocycles. The smallest absolute Gasteiger partial charge is 0.270 e. The van der Waals surface area contributed by atoms with Crippen LogP contribution >= 0.6 is 12.2 Å². The molecule has 2 N–H and O–H groups in total. The molecule has 37 heavy (non-hydrogen) atoms. The molecule has 1 fully saturated rings. The van der Waals surface area contributed by atoms with E-state index >= 15 is 0 Å². The molecule has 0 radical (unpaired) electrons. The van der Waals surface area contributed by atoms with Gasteiger partial charge in [-0.1, -0.05) is 6.07 Å². The highest BCUT2D eigenvalue weighted by atomic mass is 32.1. The lowest BCUT2D eigenvalue weighted by Crippen LogP contribution is -2.49. The Balaban J connectivity index is 1.60. The van der Waals surface area contributed by atoms with Gasteiger partial charge in [0.25, 0.3) is 11.8 Å². The van der Waals surface area contributed by atoms with Gasteiger partial charge in [-0.25, -0.2) is 9.40 Å². The predicted molar refractivity (Wildman–Crippen MR) is 139 cm³/mol. The van der Waals surface area contributed by atoms with Crippen molar-refractivity contribution in [3.05, 3.63) is 84.2 Å². The van der Waals surface area contributed by atoms with Gasteiger partial charge in [-0.05, 0) is 78.9 Å². The Morgan fingerprint density at radius 1 is 0.973 bits per heavy atom. The fourth-order valence-corrected chi connectivity index (χ4v) is 4.10. The molecule has 0 saturated carbocycles. The van der Waals surface area contributed by atoms with E-state index in [-0.39, 0.29) is 17.1 Å². The van der Waals surface area contributed by atoms with Gasteiger partial charge >= 0.3 is 0 Å². The van der Waals surface area contributed by atoms with E-state index in [9.17, 15) is 18.8 Å². The minimum absolute atomic E-state index is 0.00834. The first-order chi connectivity index (χ1) is 17.8. The monoisotopic (exact) mass is 522 g/mol. The van der Waals surface area contributed by atoms with E-state index in [1.54, 1.807) is 42.5 Å². The van der Waals surface area contributed by atoms with Crippen LogP contribution < -0.4 is 25.1 Å². The van der Waals surface area contributed by atoms with Gasteiger partial charge < -0.3 is 14.8 Å². The summed E-state index contributed by atoms with van der Waals surface area (Å²) in [5.41, 5.74) is 3.73. The summed E-state index contributed by atoms with van der Waals surface area (Å²) in [4.78, 5) is 40.6. The molecule has 0 aliphatic carbocycles. The number of hydrazine groups is 1. The molecule has 3 aromatic carbocycles. The number of carbonyl (C=O) groups is 3. The molecule has 0 bridgehead atoms. The average Bonchev–Trinajstić information content (AvgIpc) is 3.13. The van der Waals surface area contributed by atoms with Crippen LogP contribution in [0.15, 0.2) is 72.8 Å². The number of benzene rings is 3. The van der Waals surface area contributed by atoms with Gasteiger partial charge in [-0.2, -0.15) is 0 Å². The molecule has 4 rings (SSSR count). The molecule has 1 aliphatic heterocycles. The van der Waals surface area contributed by atoms with Crippen molar-refractivity contribution >= 4 is 46.4 Å². The number of nitrogens with one attached hydrogen (secondary N) is 2. The Kier molecular flexibility index (Phi) is 7.63. The van der Waals surface area contributed by atoms with Gasteiger partial charge in [0.2, 0.25) is 11.0 Å². The van der Waals surface area contributed by atoms with Crippen LogP contribution in [-0.2, 0) is 9.59 Å². The lowest BCUT2D eigenvalue weighted by Gasteiger charge is -2.24. The number of nitrogens with zero attached hydrogens (tertiary/aromatic N) is 2. The van der Waals surface area contributed by atoms with Crippen LogP contribution in [0.5, 0.6) is 11.5 Å². The molecule has 0 spiro atoms. The van der Waals surface area contributed by atoms with Gasteiger partial charge in [0.1, 0.15) is 23.4 Å². The molecule has 1 saturated heterocycles. The highest BCUT2D eigenvalue weighted by Crippen LogP contribution is 2.28. The number of rotatable bonds is 8. The van der Waals surface area contributed by atoms with E-state index in [2.05, 4.69) is 10.7 Å². The van der Waals surface area contributed by atoms with Crippen molar-refractivity contribution in [3.63, 3.8) is 0 Å². The molecule has 190 valence electrons. The number of ether oxygens (including phenoxy) is 2. The highest BCUT2D eigenvalue weighted by molar-refractivity contribution is 7.80. The summed E-state index contributed by atoms with van der Waals surface area (Å²) in [5.74, 6) is -0.965. The minimum Gasteiger partial charge on any atom is -0.497 e. The quantitative estimate of drug-likeness (QED) is 0.437. The highest BCUT2D eigenvalue weighted by Gasteiger charge is 2.45. The van der Waals surface area contributed by atoms with Gasteiger partial charge in [-0.15, -0.1) is 0 Å². The summed E-state index contributed by atoms with van der Waals surface area (Å²) < 4.78 is 23.6. The van der Waals surface area contributed by atoms with E-state index in [1.807, 2.05) is 0 Å². The largest absolute Gasteiger partial charge is 0.497 e. The van der Waals surface area contributed by atoms with Crippen LogP contribution in [0.1, 0.15) is 16.8 Å². The normalized spacial score (nSPS) is 14.9. The number of anilines is 2. The summed E-state index contributed by atoms with van der Waals surface area (Å²) in [6, 6.07) is 17.2. The van der Waals surface area contributed by atoms with E-state index in [4.69, 9.17) is 21.7 Å². The summed E-state index contributed by atoms with van der Waals surface area (Å²) in [6.07, 6.45) is -0.332. The van der Waals surface area contributed by atoms with Crippen molar-refractivity contribution < 1.29 is 28.2 Å². The van der Waals surface area contributed by atoms with E-state index in [1.165, 1.54) is 54.5 Å². The van der Waals surface area contributed by atoms with E-state index in [0.717, 1.165) is 0 Å². The average molecular weight is 523 g/mol. The lowest BCUT2D eigenvalue weighted by molar-refractivity contribution is -0.124. The van der Waals surface area contributed by atoms with Crippen molar-refractivity contribution in [1.82, 2.24) is 10.4 Å². The van der Waals surface area contributed by atoms with Crippen LogP contribution in [0.4, 0.5) is 15.8 Å². The van der Waals surface area contributed by atoms with Crippen LogP contribution in [0.25, 0.3) is 0 Å². The van der Waals surface area contributed by atoms with Crippen LogP contribution in [0, 0.1) is 5.82 Å². The first kappa shape index (κ1) is 25.6. The zero-order chi connectivity index (χ0) is 26.5. The maximum atomic E-state index is 13.5. The summed E-state index contributed by atoms with van der Waals surface area (Å²) >= 11 is 5.56. The summed E-state index contributed by atoms with van der Waals surface area (Å²) in [6.45, 7) is 0. The van der Waals surface area contributed by atoms with Gasteiger partial charge in [0.15, 0.2) is 0 Å². The van der Waals surface area contributed by atoms with Crippen molar-refractivity contribution in [3.8, 4) is 11.5 Å². The summed E-state index contributed by atoms with van der Waals surface area (Å²) in [7, 11) is 3.00. The second-order valence-electron chi connectivity index (χ2n) is 7.97. The third-order valence-corrected chi connectivity index (χ3v) is 5.99. The number of carbonyl (C=O) groups excluding carboxylic acids is 3. The number of hydrogen-bond acceptors (Lipinski definition) is 6. The zero-order valence-corrected chi connectivity index (χ0v) is 20.8. The first-order valence-electron chi connectivity index (χ1n) is 11.1. The third kappa shape index (κ3) is 5.67. The van der Waals surface area contributed by atoms with Crippen molar-refractivity contribution in [2.75, 3.05) is 24.4 Å². The topological polar surface area (TPSA) is 100 Å². The lowest BCUT2D eigenvalue weighted by atomic mass is 10.1. The Morgan fingerprint density at radius 2 is 1.65 bits per heavy atom. The number of hydrogen-bond donors (Lipinski definition) is 2. The second kappa shape index (κ2) is 11.0. The maximum absolute atomic E-state index is 13.5. The SMILES string of the molecule is COc1ccc(N2C(=O)C(CC(=O)Nc3ccc(F)cc3)N(NC(=O)c3cccc(OC)c3)C2=S)cc1. The molecular formula is C26H23FN4O5S. The molecule has 3 amide bonds. The summed E-state index contributed by atoms with van der Waals surface area (Å²) in [5, 5.41) is 3.82. The van der Waals surface area contributed by atoms with Gasteiger partial charge in [0, 0.05) is 11.3 Å². The standard InChI is InChI=1S/C26H23FN4O5S/c1-35-20-12-10-19(11-13-20)30-25(34)22(15-23(32)28-18-8-6-17(27)7-9-18)31(26(30)37)29-24(33)16-4-3-5-21(14-16)36-2/h3-14,22H,15H2,1-2H3,(H,28,32)(H,29,33). The Hall–Kier alpha value is -4.51. The molecule has 11 heteroatoms. The Bertz CT molecular complexity index is 1330. The molecule has 1 unspecified atom stereocenters. The molecule has 9 nitrogen and oxygen atoms in total.